The molecule has 0 amide bonds. The molecule has 0 aromatic heterocycles. The van der Waals surface area contributed by atoms with Crippen LogP contribution < -0.4 is 0 Å². The molecule has 0 radical (unpaired) electrons. The van der Waals surface area contributed by atoms with Crippen LogP contribution in [-0.2, 0) is 116 Å². The molecule has 0 aromatic rings. The van der Waals surface area contributed by atoms with E-state index in [2.05, 4.69) is 164 Å². The van der Waals surface area contributed by atoms with Gasteiger partial charge in [-0.05, 0) is 334 Å². The standard InChI is InChI=1S/C54H162O28Si26/c1-55-108(56-2,57-3)82-107(53,54)81-106(51,52)80-105(49,50)79-104(47,48)78-103(45,46)77-102(43,44)76-101(41,42)75-100(39,40)74-99(37,38)73-98(35,36)72-97(33,34)71-96(31,32)70-95(29,30)69-94(27,28)68-93(25,26)67-92(23,24)66-91(21,22)65-90(19,20)64-89(17,18)63-88(15,16)62-87(13,14)61-86(11,12)60-85(9,10)59-84(7,8)58-83(4,5)6/h1-54H3. The predicted molar refractivity (Wildman–Crippen MR) is 497 cm³/mol. The maximum atomic E-state index is 7.00. The zero-order valence-corrected chi connectivity index (χ0v) is 104. The Kier molecular flexibility index (Phi) is 39.9. The Labute approximate surface area is 688 Å². The summed E-state index contributed by atoms with van der Waals surface area (Å²) in [7, 11) is -69.0. The molecule has 0 aliphatic heterocycles. The van der Waals surface area contributed by atoms with Gasteiger partial charge >= 0.3 is 215 Å². The molecule has 650 valence electrons. The highest BCUT2D eigenvalue weighted by Gasteiger charge is 2.58. The van der Waals surface area contributed by atoms with E-state index >= 15 is 0 Å². The van der Waals surface area contributed by atoms with Crippen LogP contribution >= 0.6 is 0 Å². The van der Waals surface area contributed by atoms with Gasteiger partial charge in [-0.3, -0.25) is 0 Å². The molecule has 0 bridgehead atoms. The van der Waals surface area contributed by atoms with Gasteiger partial charge < -0.3 is 116 Å². The second-order valence-corrected chi connectivity index (χ2v) is 133. The van der Waals surface area contributed by atoms with E-state index in [1.165, 1.54) is 21.3 Å². The van der Waals surface area contributed by atoms with Gasteiger partial charge in [0.1, 0.15) is 0 Å². The van der Waals surface area contributed by atoms with E-state index in [0.29, 0.717) is 0 Å². The molecule has 108 heavy (non-hydrogen) atoms. The van der Waals surface area contributed by atoms with Gasteiger partial charge in [-0.2, -0.15) is 0 Å². The molecule has 0 N–H and O–H groups in total. The molecule has 0 spiro atoms. The third-order valence-electron chi connectivity index (χ3n) is 13.0. The lowest BCUT2D eigenvalue weighted by Crippen LogP contribution is -2.63. The van der Waals surface area contributed by atoms with Crippen molar-refractivity contribution in [3.8, 4) is 0 Å². The van der Waals surface area contributed by atoms with Gasteiger partial charge in [-0.15, -0.1) is 0 Å². The van der Waals surface area contributed by atoms with Gasteiger partial charge in [0.15, 0.2) is 8.32 Å². The van der Waals surface area contributed by atoms with Crippen LogP contribution in [0.1, 0.15) is 0 Å². The number of rotatable bonds is 53. The summed E-state index contributed by atoms with van der Waals surface area (Å²) >= 11 is 0. The maximum absolute atomic E-state index is 7.00. The Balaban J connectivity index is 5.93. The van der Waals surface area contributed by atoms with Gasteiger partial charge in [-0.1, -0.05) is 0 Å². The topological polar surface area (TPSA) is 258 Å². The van der Waals surface area contributed by atoms with Crippen LogP contribution in [-0.4, -0.2) is 244 Å². The molecule has 0 aromatic carbocycles. The second-order valence-electron chi connectivity index (χ2n) is 39.4. The summed E-state index contributed by atoms with van der Waals surface area (Å²) < 4.78 is 188. The van der Waals surface area contributed by atoms with Crippen molar-refractivity contribution in [1.82, 2.24) is 0 Å². The highest BCUT2D eigenvalue weighted by atomic mass is 28.6. The monoisotopic (exact) mass is 1990 g/mol. The molecule has 0 unspecified atom stereocenters. The Morgan fingerprint density at radius 1 is 0.0926 bits per heavy atom. The van der Waals surface area contributed by atoms with Gasteiger partial charge in [0.25, 0.3) is 0 Å². The first-order chi connectivity index (χ1) is 46.4. The summed E-state index contributed by atoms with van der Waals surface area (Å²) in [6.07, 6.45) is 0. The summed E-state index contributed by atoms with van der Waals surface area (Å²) in [5, 5.41) is 0. The van der Waals surface area contributed by atoms with E-state index in [4.69, 9.17) is 116 Å². The third kappa shape index (κ3) is 49.6. The van der Waals surface area contributed by atoms with Crippen molar-refractivity contribution >= 4 is 223 Å². The lowest BCUT2D eigenvalue weighted by atomic mass is 11.8. The first-order valence-corrected chi connectivity index (χ1v) is 110. The molecule has 0 saturated carbocycles. The van der Waals surface area contributed by atoms with E-state index in [-0.39, 0.29) is 0 Å². The zero-order valence-electron chi connectivity index (χ0n) is 78.4. The Morgan fingerprint density at radius 3 is 0.222 bits per heavy atom. The largest absolute Gasteiger partial charge is 0.669 e. The van der Waals surface area contributed by atoms with Crippen LogP contribution in [0.5, 0.6) is 0 Å². The first kappa shape index (κ1) is 113. The van der Waals surface area contributed by atoms with E-state index in [1.807, 2.05) is 170 Å². The normalized spacial score (nSPS) is 16.2. The van der Waals surface area contributed by atoms with Gasteiger partial charge in [0, 0.05) is 21.3 Å². The van der Waals surface area contributed by atoms with Crippen molar-refractivity contribution in [3.05, 3.63) is 0 Å². The molecule has 0 heterocycles. The molecule has 0 rings (SSSR count). The fourth-order valence-electron chi connectivity index (χ4n) is 15.5. The second kappa shape index (κ2) is 38.3. The van der Waals surface area contributed by atoms with Crippen LogP contribution in [0.3, 0.4) is 0 Å². The minimum absolute atomic E-state index is 1.50. The fourth-order valence-corrected chi connectivity index (χ4v) is 147. The van der Waals surface area contributed by atoms with Crippen molar-refractivity contribution in [2.24, 2.45) is 0 Å². The summed E-state index contributed by atoms with van der Waals surface area (Å²) in [4.78, 5) is 0. The van der Waals surface area contributed by atoms with E-state index in [9.17, 15) is 0 Å². The quantitative estimate of drug-likeness (QED) is 0.0513. The minimum Gasteiger partial charge on any atom is -0.437 e. The molecule has 28 nitrogen and oxygen atoms in total. The van der Waals surface area contributed by atoms with Crippen molar-refractivity contribution < 1.29 is 116 Å². The highest BCUT2D eigenvalue weighted by Crippen LogP contribution is 2.37. The van der Waals surface area contributed by atoms with Crippen molar-refractivity contribution in [1.29, 1.82) is 0 Å². The van der Waals surface area contributed by atoms with Gasteiger partial charge in [0.2, 0.25) is 0 Å². The van der Waals surface area contributed by atoms with Crippen molar-refractivity contribution in [2.45, 2.75) is 334 Å². The average Bonchev–Trinajstić information content (AvgIpc) is 0.806. The lowest BCUT2D eigenvalue weighted by molar-refractivity contribution is 0.0403. The number of hydrogen-bond acceptors (Lipinski definition) is 28. The van der Waals surface area contributed by atoms with Gasteiger partial charge in [0.05, 0.1) is 0 Å². The molecule has 0 saturated heterocycles. The van der Waals surface area contributed by atoms with Crippen molar-refractivity contribution in [2.75, 3.05) is 21.3 Å². The highest BCUT2D eigenvalue weighted by molar-refractivity contribution is 6.98. The summed E-state index contributed by atoms with van der Waals surface area (Å²) in [5.41, 5.74) is 0. The SMILES string of the molecule is CO[Si](OC)(OC)O[Si](C)(C)O[Si](C)(C)O[Si](C)(C)O[Si](C)(C)O[Si](C)(C)O[Si](C)(C)O[Si](C)(C)O[Si](C)(C)O[Si](C)(C)O[Si](C)(C)O[Si](C)(C)O[Si](C)(C)O[Si](C)(C)O[Si](C)(C)O[Si](C)(C)O[Si](C)(C)O[Si](C)(C)O[Si](C)(C)O[Si](C)(C)O[Si](C)(C)O[Si](C)(C)O[Si](C)(C)O[Si](C)(C)O[Si](C)(C)O[Si](C)(C)C. The molecule has 0 aliphatic rings. The molecule has 0 atom stereocenters. The van der Waals surface area contributed by atoms with Crippen LogP contribution in [0.25, 0.3) is 0 Å². The fraction of sp³-hybridized carbons (Fsp3) is 1.00. The molecule has 54 heteroatoms. The number of hydrogen-bond donors (Lipinski definition) is 0. The Bertz CT molecular complexity index is 2800. The maximum Gasteiger partial charge on any atom is 0.669 e. The predicted octanol–water partition coefficient (Wildman–Crippen LogP) is 18.5. The molecule has 0 fully saturated rings. The molecular weight excluding hydrogens is 1830 g/mol. The first-order valence-electron chi connectivity index (χ1n) is 37.5. The van der Waals surface area contributed by atoms with Crippen LogP contribution in [0.4, 0.5) is 0 Å². The zero-order chi connectivity index (χ0) is 86.8. The van der Waals surface area contributed by atoms with E-state index in [0.717, 1.165) is 0 Å². The third-order valence-corrected chi connectivity index (χ3v) is 112. The van der Waals surface area contributed by atoms with Crippen LogP contribution in [0, 0.1) is 0 Å². The molecule has 0 aliphatic carbocycles. The Morgan fingerprint density at radius 2 is 0.157 bits per heavy atom. The average molecular weight is 1990 g/mol. The van der Waals surface area contributed by atoms with Crippen LogP contribution in [0.15, 0.2) is 0 Å². The van der Waals surface area contributed by atoms with Crippen molar-refractivity contribution in [3.63, 3.8) is 0 Å². The lowest BCUT2D eigenvalue weighted by Gasteiger charge is -2.45. The van der Waals surface area contributed by atoms with E-state index < -0.39 is 223 Å². The summed E-state index contributed by atoms with van der Waals surface area (Å²) in [5.74, 6) is 0. The van der Waals surface area contributed by atoms with Gasteiger partial charge in [-0.25, -0.2) is 0 Å². The van der Waals surface area contributed by atoms with Crippen LogP contribution in [0.2, 0.25) is 334 Å². The minimum atomic E-state index is -3.37. The smallest absolute Gasteiger partial charge is 0.437 e. The van der Waals surface area contributed by atoms with E-state index in [1.54, 1.807) is 0 Å². The summed E-state index contributed by atoms with van der Waals surface area (Å²) in [6.45, 7) is 105. The Hall–Kier alpha value is 4.52. The summed E-state index contributed by atoms with van der Waals surface area (Å²) in [6, 6.07) is 0. The molecular formula is C54H162O28Si26.